The minimum Gasteiger partial charge on any atom is -0.497 e. The molecule has 0 spiro atoms. The Bertz CT molecular complexity index is 634. The number of nitrogens with zero attached hydrogens (tertiary/aromatic N) is 1. The zero-order chi connectivity index (χ0) is 13.9. The van der Waals surface area contributed by atoms with Gasteiger partial charge >= 0.3 is 0 Å². The minimum absolute atomic E-state index is 0.169. The number of methoxy groups -OCH3 is 1. The van der Waals surface area contributed by atoms with E-state index in [9.17, 15) is 4.79 Å². The van der Waals surface area contributed by atoms with Crippen LogP contribution >= 0.6 is 0 Å². The van der Waals surface area contributed by atoms with Gasteiger partial charge in [-0.05, 0) is 37.8 Å². The fourth-order valence-electron chi connectivity index (χ4n) is 2.56. The van der Waals surface area contributed by atoms with Gasteiger partial charge in [0.15, 0.2) is 5.69 Å². The maximum atomic E-state index is 12.3. The number of ether oxygens (including phenoxy) is 1. The van der Waals surface area contributed by atoms with E-state index >= 15 is 0 Å². The molecule has 3 rings (SSSR count). The number of carbonyl (C=O) groups is 1. The molecule has 20 heavy (non-hydrogen) atoms. The molecule has 5 nitrogen and oxygen atoms in total. The standard InChI is InChI=1S/C15H17N3O2/c1-20-11-6-4-5-10(9-11)16-15(19)14-12-7-2-3-8-13(12)17-18-14/h4-6,9H,2-3,7-8H2,1H3,(H,16,19)(H,17,18). The van der Waals surface area contributed by atoms with Gasteiger partial charge in [0.1, 0.15) is 5.75 Å². The van der Waals surface area contributed by atoms with E-state index in [1.54, 1.807) is 13.2 Å². The number of aromatic amines is 1. The van der Waals surface area contributed by atoms with E-state index in [1.807, 2.05) is 18.2 Å². The Kier molecular flexibility index (Phi) is 3.41. The molecule has 1 aliphatic rings. The number of aromatic nitrogens is 2. The summed E-state index contributed by atoms with van der Waals surface area (Å²) in [5.41, 5.74) is 3.40. The topological polar surface area (TPSA) is 67.0 Å². The van der Waals surface area contributed by atoms with Crippen molar-refractivity contribution in [3.8, 4) is 5.75 Å². The number of anilines is 1. The molecule has 0 atom stereocenters. The summed E-state index contributed by atoms with van der Waals surface area (Å²) in [5.74, 6) is 0.546. The molecule has 0 unspecified atom stereocenters. The molecule has 5 heteroatoms. The molecule has 1 heterocycles. The molecule has 0 fully saturated rings. The van der Waals surface area contributed by atoms with Gasteiger partial charge < -0.3 is 10.1 Å². The number of hydrogen-bond donors (Lipinski definition) is 2. The van der Waals surface area contributed by atoms with Gasteiger partial charge in [-0.15, -0.1) is 0 Å². The highest BCUT2D eigenvalue weighted by Crippen LogP contribution is 2.23. The van der Waals surface area contributed by atoms with Crippen molar-refractivity contribution < 1.29 is 9.53 Å². The minimum atomic E-state index is -0.169. The second kappa shape index (κ2) is 5.36. The van der Waals surface area contributed by atoms with Crippen LogP contribution < -0.4 is 10.1 Å². The van der Waals surface area contributed by atoms with Crippen LogP contribution in [-0.2, 0) is 12.8 Å². The van der Waals surface area contributed by atoms with Crippen molar-refractivity contribution in [3.05, 3.63) is 41.2 Å². The highest BCUT2D eigenvalue weighted by molar-refractivity contribution is 6.04. The molecule has 0 saturated carbocycles. The van der Waals surface area contributed by atoms with E-state index < -0.39 is 0 Å². The molecule has 104 valence electrons. The molecular formula is C15H17N3O2. The lowest BCUT2D eigenvalue weighted by Crippen LogP contribution is -2.15. The van der Waals surface area contributed by atoms with Crippen molar-refractivity contribution in [1.82, 2.24) is 10.2 Å². The predicted octanol–water partition coefficient (Wildman–Crippen LogP) is 2.55. The van der Waals surface area contributed by atoms with E-state index in [1.165, 1.54) is 0 Å². The summed E-state index contributed by atoms with van der Waals surface area (Å²) in [6.45, 7) is 0. The third-order valence-electron chi connectivity index (χ3n) is 3.60. The lowest BCUT2D eigenvalue weighted by atomic mass is 9.96. The summed E-state index contributed by atoms with van der Waals surface area (Å²) < 4.78 is 5.14. The van der Waals surface area contributed by atoms with Crippen LogP contribution in [0.4, 0.5) is 5.69 Å². The molecule has 0 radical (unpaired) electrons. The number of benzene rings is 1. The van der Waals surface area contributed by atoms with Crippen molar-refractivity contribution >= 4 is 11.6 Å². The Labute approximate surface area is 117 Å². The molecule has 1 aliphatic carbocycles. The molecule has 1 aromatic carbocycles. The van der Waals surface area contributed by atoms with Crippen molar-refractivity contribution in [2.45, 2.75) is 25.7 Å². The third-order valence-corrected chi connectivity index (χ3v) is 3.60. The number of nitrogens with one attached hydrogen (secondary N) is 2. The van der Waals surface area contributed by atoms with Gasteiger partial charge in [-0.1, -0.05) is 6.07 Å². The third kappa shape index (κ3) is 2.39. The fraction of sp³-hybridized carbons (Fsp3) is 0.333. The van der Waals surface area contributed by atoms with Gasteiger partial charge in [0.25, 0.3) is 5.91 Å². The average Bonchev–Trinajstić information content (AvgIpc) is 2.91. The van der Waals surface area contributed by atoms with Crippen LogP contribution in [0.25, 0.3) is 0 Å². The number of rotatable bonds is 3. The second-order valence-electron chi connectivity index (χ2n) is 4.92. The fourth-order valence-corrected chi connectivity index (χ4v) is 2.56. The van der Waals surface area contributed by atoms with Crippen LogP contribution in [-0.4, -0.2) is 23.2 Å². The first-order valence-corrected chi connectivity index (χ1v) is 6.79. The van der Waals surface area contributed by atoms with Crippen molar-refractivity contribution in [2.75, 3.05) is 12.4 Å². The van der Waals surface area contributed by atoms with E-state index in [4.69, 9.17) is 4.74 Å². The number of amides is 1. The monoisotopic (exact) mass is 271 g/mol. The Morgan fingerprint density at radius 1 is 1.35 bits per heavy atom. The Morgan fingerprint density at radius 2 is 2.20 bits per heavy atom. The normalized spacial score (nSPS) is 13.7. The Hall–Kier alpha value is -2.30. The van der Waals surface area contributed by atoms with Gasteiger partial charge in [-0.25, -0.2) is 0 Å². The summed E-state index contributed by atoms with van der Waals surface area (Å²) in [4.78, 5) is 12.3. The lowest BCUT2D eigenvalue weighted by Gasteiger charge is -2.11. The van der Waals surface area contributed by atoms with Crippen LogP contribution in [0.1, 0.15) is 34.6 Å². The molecule has 2 aromatic rings. The molecule has 1 amide bonds. The van der Waals surface area contributed by atoms with Crippen LogP contribution in [0.15, 0.2) is 24.3 Å². The number of aryl methyl sites for hydroxylation is 1. The van der Waals surface area contributed by atoms with Crippen LogP contribution in [0, 0.1) is 0 Å². The molecule has 0 saturated heterocycles. The maximum Gasteiger partial charge on any atom is 0.276 e. The lowest BCUT2D eigenvalue weighted by molar-refractivity contribution is 0.102. The summed E-state index contributed by atoms with van der Waals surface area (Å²) in [7, 11) is 1.60. The summed E-state index contributed by atoms with van der Waals surface area (Å²) in [6.07, 6.45) is 4.18. The van der Waals surface area contributed by atoms with Gasteiger partial charge in [-0.2, -0.15) is 5.10 Å². The number of hydrogen-bond acceptors (Lipinski definition) is 3. The summed E-state index contributed by atoms with van der Waals surface area (Å²) in [5, 5.41) is 10.0. The second-order valence-corrected chi connectivity index (χ2v) is 4.92. The van der Waals surface area contributed by atoms with Gasteiger partial charge in [0.05, 0.1) is 7.11 Å². The van der Waals surface area contributed by atoms with Crippen LogP contribution in [0.2, 0.25) is 0 Å². The number of H-pyrrole nitrogens is 1. The summed E-state index contributed by atoms with van der Waals surface area (Å²) >= 11 is 0. The molecule has 0 bridgehead atoms. The van der Waals surface area contributed by atoms with Gasteiger partial charge in [0, 0.05) is 23.0 Å². The van der Waals surface area contributed by atoms with Crippen molar-refractivity contribution in [3.63, 3.8) is 0 Å². The first-order chi connectivity index (χ1) is 9.78. The Morgan fingerprint density at radius 3 is 3.05 bits per heavy atom. The molecule has 1 aromatic heterocycles. The quantitative estimate of drug-likeness (QED) is 0.901. The van der Waals surface area contributed by atoms with E-state index in [2.05, 4.69) is 15.5 Å². The van der Waals surface area contributed by atoms with E-state index in [0.29, 0.717) is 17.1 Å². The molecule has 0 aliphatic heterocycles. The molecular weight excluding hydrogens is 254 g/mol. The smallest absolute Gasteiger partial charge is 0.276 e. The Balaban J connectivity index is 1.80. The average molecular weight is 271 g/mol. The van der Waals surface area contributed by atoms with E-state index in [-0.39, 0.29) is 5.91 Å². The van der Waals surface area contributed by atoms with Crippen molar-refractivity contribution in [1.29, 1.82) is 0 Å². The van der Waals surface area contributed by atoms with Crippen LogP contribution in [0.5, 0.6) is 5.75 Å². The summed E-state index contributed by atoms with van der Waals surface area (Å²) in [6, 6.07) is 7.30. The van der Waals surface area contributed by atoms with Gasteiger partial charge in [0.2, 0.25) is 0 Å². The van der Waals surface area contributed by atoms with Crippen LogP contribution in [0.3, 0.4) is 0 Å². The van der Waals surface area contributed by atoms with Crippen molar-refractivity contribution in [2.24, 2.45) is 0 Å². The SMILES string of the molecule is COc1cccc(NC(=O)c2n[nH]c3c2CCCC3)c1. The zero-order valence-electron chi connectivity index (χ0n) is 11.4. The largest absolute Gasteiger partial charge is 0.497 e. The number of carbonyl (C=O) groups excluding carboxylic acids is 1. The first kappa shape index (κ1) is 12.7. The first-order valence-electron chi connectivity index (χ1n) is 6.79. The predicted molar refractivity (Wildman–Crippen MR) is 76.2 cm³/mol. The highest BCUT2D eigenvalue weighted by Gasteiger charge is 2.21. The van der Waals surface area contributed by atoms with Gasteiger partial charge in [-0.3, -0.25) is 9.89 Å². The number of fused-ring (bicyclic) bond motifs is 1. The highest BCUT2D eigenvalue weighted by atomic mass is 16.5. The zero-order valence-corrected chi connectivity index (χ0v) is 11.4. The molecule has 2 N–H and O–H groups in total. The maximum absolute atomic E-state index is 12.3. The van der Waals surface area contributed by atoms with E-state index in [0.717, 1.165) is 36.9 Å².